The van der Waals surface area contributed by atoms with Gasteiger partial charge >= 0.3 is 0 Å². The van der Waals surface area contributed by atoms with E-state index >= 15 is 0 Å². The van der Waals surface area contributed by atoms with E-state index in [1.54, 1.807) is 6.20 Å². The van der Waals surface area contributed by atoms with Gasteiger partial charge in [0, 0.05) is 23.9 Å². The highest BCUT2D eigenvalue weighted by molar-refractivity contribution is 5.85. The van der Waals surface area contributed by atoms with Gasteiger partial charge in [0.2, 0.25) is 5.91 Å². The van der Waals surface area contributed by atoms with Crippen LogP contribution in [0.4, 0.5) is 0 Å². The maximum Gasteiger partial charge on any atom is 0.228 e. The van der Waals surface area contributed by atoms with Crippen molar-refractivity contribution in [1.29, 1.82) is 0 Å². The predicted molar refractivity (Wildman–Crippen MR) is 69.0 cm³/mol. The Morgan fingerprint density at radius 1 is 1.50 bits per heavy atom. The van der Waals surface area contributed by atoms with Gasteiger partial charge in [0.1, 0.15) is 0 Å². The Kier molecular flexibility index (Phi) is 3.39. The summed E-state index contributed by atoms with van der Waals surface area (Å²) in [5.74, 6) is -0.0333. The van der Waals surface area contributed by atoms with E-state index in [1.807, 2.05) is 32.0 Å². The first kappa shape index (κ1) is 13.0. The standard InChI is InChI=1S/C14H20N2O2/c1-13(2,11-5-3-4-8-15-11)9-16-12(18)14(10-17)6-7-14/h3-5,8,17H,6-7,9-10H2,1-2H3,(H,16,18). The second-order valence-electron chi connectivity index (χ2n) is 5.72. The molecule has 2 rings (SSSR count). The first-order chi connectivity index (χ1) is 8.50. The molecule has 98 valence electrons. The molecule has 0 unspecified atom stereocenters. The van der Waals surface area contributed by atoms with Crippen LogP contribution in [0.3, 0.4) is 0 Å². The van der Waals surface area contributed by atoms with E-state index in [9.17, 15) is 9.90 Å². The number of amides is 1. The Balaban J connectivity index is 1.95. The quantitative estimate of drug-likeness (QED) is 0.824. The lowest BCUT2D eigenvalue weighted by Gasteiger charge is -2.25. The van der Waals surface area contributed by atoms with Gasteiger partial charge in [-0.3, -0.25) is 9.78 Å². The van der Waals surface area contributed by atoms with Gasteiger partial charge in [0.05, 0.1) is 12.0 Å². The number of hydrogen-bond acceptors (Lipinski definition) is 3. The fraction of sp³-hybridized carbons (Fsp3) is 0.571. The molecule has 0 saturated heterocycles. The number of carbonyl (C=O) groups excluding carboxylic acids is 1. The summed E-state index contributed by atoms with van der Waals surface area (Å²) in [7, 11) is 0. The number of rotatable bonds is 5. The van der Waals surface area contributed by atoms with Crippen molar-refractivity contribution in [3.05, 3.63) is 30.1 Å². The Hall–Kier alpha value is -1.42. The first-order valence-corrected chi connectivity index (χ1v) is 6.31. The molecule has 1 fully saturated rings. The molecular weight excluding hydrogens is 228 g/mol. The van der Waals surface area contributed by atoms with Crippen molar-refractivity contribution in [3.8, 4) is 0 Å². The molecule has 0 bridgehead atoms. The van der Waals surface area contributed by atoms with E-state index in [4.69, 9.17) is 0 Å². The van der Waals surface area contributed by atoms with Crippen LogP contribution in [0, 0.1) is 5.41 Å². The van der Waals surface area contributed by atoms with Gasteiger partial charge in [-0.05, 0) is 25.0 Å². The Bertz CT molecular complexity index is 425. The zero-order valence-electron chi connectivity index (χ0n) is 10.9. The van der Waals surface area contributed by atoms with Crippen molar-refractivity contribution in [2.24, 2.45) is 5.41 Å². The molecule has 1 aromatic rings. The summed E-state index contributed by atoms with van der Waals surface area (Å²) in [6.45, 7) is 4.58. The third-order valence-electron chi connectivity index (χ3n) is 3.69. The summed E-state index contributed by atoms with van der Waals surface area (Å²) in [6.07, 6.45) is 3.34. The molecule has 1 saturated carbocycles. The topological polar surface area (TPSA) is 62.2 Å². The molecular formula is C14H20N2O2. The molecule has 1 heterocycles. The monoisotopic (exact) mass is 248 g/mol. The van der Waals surface area contributed by atoms with Gasteiger partial charge in [0.15, 0.2) is 0 Å². The van der Waals surface area contributed by atoms with Gasteiger partial charge < -0.3 is 10.4 Å². The van der Waals surface area contributed by atoms with Crippen LogP contribution < -0.4 is 5.32 Å². The SMILES string of the molecule is CC(C)(CNC(=O)C1(CO)CC1)c1ccccn1. The lowest BCUT2D eigenvalue weighted by Crippen LogP contribution is -2.41. The summed E-state index contributed by atoms with van der Waals surface area (Å²) in [4.78, 5) is 16.3. The van der Waals surface area contributed by atoms with E-state index < -0.39 is 5.41 Å². The highest BCUT2D eigenvalue weighted by Crippen LogP contribution is 2.45. The molecule has 0 spiro atoms. The highest BCUT2D eigenvalue weighted by atomic mass is 16.3. The normalized spacial score (nSPS) is 17.3. The van der Waals surface area contributed by atoms with Crippen molar-refractivity contribution < 1.29 is 9.90 Å². The smallest absolute Gasteiger partial charge is 0.228 e. The van der Waals surface area contributed by atoms with Crippen LogP contribution in [0.25, 0.3) is 0 Å². The van der Waals surface area contributed by atoms with Gasteiger partial charge in [-0.25, -0.2) is 0 Å². The number of aromatic nitrogens is 1. The summed E-state index contributed by atoms with van der Waals surface area (Å²) < 4.78 is 0. The zero-order chi connectivity index (χ0) is 13.2. The van der Waals surface area contributed by atoms with Crippen LogP contribution in [0.15, 0.2) is 24.4 Å². The fourth-order valence-electron chi connectivity index (χ4n) is 1.95. The number of carbonyl (C=O) groups is 1. The molecule has 0 atom stereocenters. The minimum absolute atomic E-state index is 0.0333. The van der Waals surface area contributed by atoms with Crippen molar-refractivity contribution in [1.82, 2.24) is 10.3 Å². The van der Waals surface area contributed by atoms with E-state index in [-0.39, 0.29) is 17.9 Å². The molecule has 0 aliphatic heterocycles. The molecule has 4 heteroatoms. The fourth-order valence-corrected chi connectivity index (χ4v) is 1.95. The lowest BCUT2D eigenvalue weighted by atomic mass is 9.88. The maximum atomic E-state index is 11.9. The van der Waals surface area contributed by atoms with Crippen molar-refractivity contribution >= 4 is 5.91 Å². The molecule has 1 amide bonds. The number of aliphatic hydroxyl groups excluding tert-OH is 1. The van der Waals surface area contributed by atoms with Crippen molar-refractivity contribution in [2.75, 3.05) is 13.2 Å². The second-order valence-corrected chi connectivity index (χ2v) is 5.72. The largest absolute Gasteiger partial charge is 0.395 e. The third-order valence-corrected chi connectivity index (χ3v) is 3.69. The number of pyridine rings is 1. The molecule has 18 heavy (non-hydrogen) atoms. The lowest BCUT2D eigenvalue weighted by molar-refractivity contribution is -0.127. The molecule has 4 nitrogen and oxygen atoms in total. The first-order valence-electron chi connectivity index (χ1n) is 6.31. The van der Waals surface area contributed by atoms with Crippen LogP contribution >= 0.6 is 0 Å². The summed E-state index contributed by atoms with van der Waals surface area (Å²) >= 11 is 0. The molecule has 0 radical (unpaired) electrons. The van der Waals surface area contributed by atoms with E-state index in [1.165, 1.54) is 0 Å². The maximum absolute atomic E-state index is 11.9. The predicted octanol–water partition coefficient (Wildman–Crippen LogP) is 1.25. The average Bonchev–Trinajstić information content (AvgIpc) is 3.18. The molecule has 1 aliphatic carbocycles. The van der Waals surface area contributed by atoms with E-state index in [0.29, 0.717) is 6.54 Å². The third kappa shape index (κ3) is 2.53. The molecule has 1 aliphatic rings. The van der Waals surface area contributed by atoms with Crippen molar-refractivity contribution in [3.63, 3.8) is 0 Å². The van der Waals surface area contributed by atoms with Crippen LogP contribution in [-0.2, 0) is 10.2 Å². The van der Waals surface area contributed by atoms with Gasteiger partial charge in [0.25, 0.3) is 0 Å². The summed E-state index contributed by atoms with van der Waals surface area (Å²) in [5, 5.41) is 12.1. The van der Waals surface area contributed by atoms with Crippen LogP contribution in [0.2, 0.25) is 0 Å². The van der Waals surface area contributed by atoms with Gasteiger partial charge in [-0.1, -0.05) is 19.9 Å². The zero-order valence-corrected chi connectivity index (χ0v) is 10.9. The number of aliphatic hydroxyl groups is 1. The molecule has 0 aromatic carbocycles. The molecule has 1 aromatic heterocycles. The van der Waals surface area contributed by atoms with Crippen molar-refractivity contribution in [2.45, 2.75) is 32.1 Å². The number of nitrogens with one attached hydrogen (secondary N) is 1. The minimum atomic E-state index is -0.500. The molecule has 2 N–H and O–H groups in total. The van der Waals surface area contributed by atoms with Crippen LogP contribution in [-0.4, -0.2) is 29.1 Å². The minimum Gasteiger partial charge on any atom is -0.395 e. The van der Waals surface area contributed by atoms with Crippen LogP contribution in [0.1, 0.15) is 32.4 Å². The van der Waals surface area contributed by atoms with Crippen LogP contribution in [0.5, 0.6) is 0 Å². The Morgan fingerprint density at radius 3 is 2.72 bits per heavy atom. The van der Waals surface area contributed by atoms with Gasteiger partial charge in [-0.2, -0.15) is 0 Å². The highest BCUT2D eigenvalue weighted by Gasteiger charge is 2.49. The summed E-state index contributed by atoms with van der Waals surface area (Å²) in [6, 6.07) is 5.79. The number of hydrogen-bond donors (Lipinski definition) is 2. The summed E-state index contributed by atoms with van der Waals surface area (Å²) in [5.41, 5.74) is 0.252. The Morgan fingerprint density at radius 2 is 2.22 bits per heavy atom. The second kappa shape index (κ2) is 4.69. The van der Waals surface area contributed by atoms with E-state index in [0.717, 1.165) is 18.5 Å². The van der Waals surface area contributed by atoms with E-state index in [2.05, 4.69) is 10.3 Å². The Labute approximate surface area is 107 Å². The average molecular weight is 248 g/mol. The van der Waals surface area contributed by atoms with Gasteiger partial charge in [-0.15, -0.1) is 0 Å². The number of nitrogens with zero attached hydrogens (tertiary/aromatic N) is 1.